The van der Waals surface area contributed by atoms with Crippen molar-refractivity contribution in [2.24, 2.45) is 0 Å². The topological polar surface area (TPSA) is 75.3 Å². The molecule has 0 radical (unpaired) electrons. The van der Waals surface area contributed by atoms with Gasteiger partial charge in [-0.2, -0.15) is 0 Å². The van der Waals surface area contributed by atoms with Crippen molar-refractivity contribution in [2.45, 2.75) is 31.2 Å². The molecule has 0 heterocycles. The zero-order chi connectivity index (χ0) is 15.6. The number of thiol groups is 1. The Kier molecular flexibility index (Phi) is 5.23. The number of benzene rings is 1. The second-order valence-electron chi connectivity index (χ2n) is 5.44. The van der Waals surface area contributed by atoms with Crippen LogP contribution in [0.5, 0.6) is 0 Å². The lowest BCUT2D eigenvalue weighted by atomic mass is 10.1. The third-order valence-corrected chi connectivity index (χ3v) is 3.82. The summed E-state index contributed by atoms with van der Waals surface area (Å²) < 4.78 is 24.9. The van der Waals surface area contributed by atoms with Crippen LogP contribution in [-0.2, 0) is 10.0 Å². The highest BCUT2D eigenvalue weighted by atomic mass is 32.2. The number of carbonyl (C=O) groups excluding carboxylic acids is 1. The van der Waals surface area contributed by atoms with Gasteiger partial charge in [0.15, 0.2) is 0 Å². The lowest BCUT2D eigenvalue weighted by Crippen LogP contribution is -2.51. The third-order valence-electron chi connectivity index (χ3n) is 2.62. The van der Waals surface area contributed by atoms with Crippen LogP contribution in [0.3, 0.4) is 0 Å². The minimum Gasteiger partial charge on any atom is -0.350 e. The maximum Gasteiger partial charge on any atom is 0.251 e. The van der Waals surface area contributed by atoms with E-state index in [-0.39, 0.29) is 12.5 Å². The van der Waals surface area contributed by atoms with Gasteiger partial charge in [-0.15, -0.1) is 12.6 Å². The molecule has 0 atom stereocenters. The Morgan fingerprint density at radius 1 is 1.35 bits per heavy atom. The zero-order valence-corrected chi connectivity index (χ0v) is 13.7. The highest BCUT2D eigenvalue weighted by Crippen LogP contribution is 2.14. The summed E-state index contributed by atoms with van der Waals surface area (Å²) in [4.78, 5) is 12.8. The van der Waals surface area contributed by atoms with Crippen molar-refractivity contribution in [1.82, 2.24) is 10.0 Å². The second kappa shape index (κ2) is 6.15. The Morgan fingerprint density at radius 3 is 2.50 bits per heavy atom. The molecule has 2 N–H and O–H groups in total. The number of carbonyl (C=O) groups is 1. The number of hydrogen-bond acceptors (Lipinski definition) is 4. The molecule has 0 bridgehead atoms. The number of aryl methyl sites for hydroxylation is 1. The molecule has 1 amide bonds. The van der Waals surface area contributed by atoms with E-state index in [9.17, 15) is 13.2 Å². The Morgan fingerprint density at radius 2 is 1.95 bits per heavy atom. The van der Waals surface area contributed by atoms with Crippen LogP contribution in [0.1, 0.15) is 29.8 Å². The van der Waals surface area contributed by atoms with Gasteiger partial charge in [-0.3, -0.25) is 4.79 Å². The predicted octanol–water partition coefficient (Wildman–Crippen LogP) is 1.34. The molecule has 0 unspecified atom stereocenters. The average molecular weight is 316 g/mol. The van der Waals surface area contributed by atoms with Crippen LogP contribution in [0.15, 0.2) is 23.1 Å². The first kappa shape index (κ1) is 17.0. The van der Waals surface area contributed by atoms with Crippen molar-refractivity contribution >= 4 is 28.6 Å². The van der Waals surface area contributed by atoms with Crippen molar-refractivity contribution in [1.29, 1.82) is 0 Å². The van der Waals surface area contributed by atoms with E-state index in [0.29, 0.717) is 10.5 Å². The summed E-state index contributed by atoms with van der Waals surface area (Å²) in [7, 11) is -3.32. The quantitative estimate of drug-likeness (QED) is 0.718. The predicted molar refractivity (Wildman–Crippen MR) is 82.8 cm³/mol. The van der Waals surface area contributed by atoms with Gasteiger partial charge in [0.25, 0.3) is 5.91 Å². The van der Waals surface area contributed by atoms with Crippen LogP contribution < -0.4 is 10.0 Å². The van der Waals surface area contributed by atoms with Crippen LogP contribution in [0, 0.1) is 6.92 Å². The summed E-state index contributed by atoms with van der Waals surface area (Å²) in [5.74, 6) is -0.248. The first-order valence-corrected chi connectivity index (χ1v) is 8.41. The van der Waals surface area contributed by atoms with Gasteiger partial charge in [0.2, 0.25) is 10.0 Å². The fourth-order valence-corrected chi connectivity index (χ4v) is 3.07. The number of amides is 1. The molecule has 0 aromatic heterocycles. The largest absolute Gasteiger partial charge is 0.350 e. The van der Waals surface area contributed by atoms with Gasteiger partial charge in [-0.1, -0.05) is 6.07 Å². The third kappa shape index (κ3) is 5.52. The van der Waals surface area contributed by atoms with E-state index in [1.165, 1.54) is 0 Å². The van der Waals surface area contributed by atoms with Crippen molar-refractivity contribution in [3.05, 3.63) is 29.3 Å². The lowest BCUT2D eigenvalue weighted by molar-refractivity contribution is 0.0943. The lowest BCUT2D eigenvalue weighted by Gasteiger charge is -2.25. The number of sulfonamides is 1. The molecule has 0 spiro atoms. The minimum absolute atomic E-state index is 0.190. The summed E-state index contributed by atoms with van der Waals surface area (Å²) in [6.07, 6.45) is 1.09. The molecule has 20 heavy (non-hydrogen) atoms. The molecule has 0 saturated heterocycles. The van der Waals surface area contributed by atoms with E-state index in [0.717, 1.165) is 11.8 Å². The normalized spacial score (nSPS) is 12.2. The number of rotatable bonds is 5. The maximum absolute atomic E-state index is 12.1. The van der Waals surface area contributed by atoms with Crippen molar-refractivity contribution in [2.75, 3.05) is 12.8 Å². The summed E-state index contributed by atoms with van der Waals surface area (Å²) in [5.41, 5.74) is 0.622. The first-order chi connectivity index (χ1) is 9.00. The fourth-order valence-electron chi connectivity index (χ4n) is 1.79. The van der Waals surface area contributed by atoms with Crippen LogP contribution in [0.2, 0.25) is 0 Å². The SMILES string of the molecule is Cc1ccc(S)cc1C(=O)NCC(C)(C)NS(C)(=O)=O. The molecule has 0 aliphatic rings. The summed E-state index contributed by atoms with van der Waals surface area (Å²) in [5, 5.41) is 2.73. The van der Waals surface area contributed by atoms with Crippen LogP contribution >= 0.6 is 12.6 Å². The Hall–Kier alpha value is -1.05. The van der Waals surface area contributed by atoms with Crippen molar-refractivity contribution < 1.29 is 13.2 Å². The fraction of sp³-hybridized carbons (Fsp3) is 0.462. The molecule has 1 rings (SSSR count). The second-order valence-corrected chi connectivity index (χ2v) is 7.70. The minimum atomic E-state index is -3.32. The average Bonchev–Trinajstić information content (AvgIpc) is 2.26. The molecule has 1 aromatic rings. The molecule has 0 aliphatic carbocycles. The van der Waals surface area contributed by atoms with Gasteiger partial charge in [-0.25, -0.2) is 13.1 Å². The molecule has 5 nitrogen and oxygen atoms in total. The summed E-state index contributed by atoms with van der Waals surface area (Å²) >= 11 is 4.21. The maximum atomic E-state index is 12.1. The number of nitrogens with one attached hydrogen (secondary N) is 2. The van der Waals surface area contributed by atoms with Gasteiger partial charge in [0, 0.05) is 22.5 Å². The molecule has 7 heteroatoms. The standard InChI is InChI=1S/C13H20N2O3S2/c1-9-5-6-10(19)7-11(9)12(16)14-8-13(2,3)15-20(4,17)18/h5-7,15,19H,8H2,1-4H3,(H,14,16). The van der Waals surface area contributed by atoms with Gasteiger partial charge in [0.1, 0.15) is 0 Å². The van der Waals surface area contributed by atoms with Gasteiger partial charge < -0.3 is 5.32 Å². The van der Waals surface area contributed by atoms with E-state index >= 15 is 0 Å². The van der Waals surface area contributed by atoms with Gasteiger partial charge in [0.05, 0.1) is 6.26 Å². The Labute approximate surface area is 125 Å². The highest BCUT2D eigenvalue weighted by Gasteiger charge is 2.23. The van der Waals surface area contributed by atoms with Gasteiger partial charge in [-0.05, 0) is 38.5 Å². The Balaban J connectivity index is 2.75. The molecule has 112 valence electrons. The van der Waals surface area contributed by atoms with Crippen LogP contribution in [-0.4, -0.2) is 32.7 Å². The van der Waals surface area contributed by atoms with E-state index in [1.54, 1.807) is 19.9 Å². The Bertz CT molecular complexity index is 610. The molecule has 0 fully saturated rings. The van der Waals surface area contributed by atoms with Crippen LogP contribution in [0.25, 0.3) is 0 Å². The smallest absolute Gasteiger partial charge is 0.251 e. The van der Waals surface area contributed by atoms with Crippen molar-refractivity contribution in [3.8, 4) is 0 Å². The monoisotopic (exact) mass is 316 g/mol. The summed E-state index contributed by atoms with van der Waals surface area (Å²) in [6.45, 7) is 5.43. The molecule has 1 aromatic carbocycles. The van der Waals surface area contributed by atoms with Crippen molar-refractivity contribution in [3.63, 3.8) is 0 Å². The van der Waals surface area contributed by atoms with Gasteiger partial charge >= 0.3 is 0 Å². The molecular weight excluding hydrogens is 296 g/mol. The van der Waals surface area contributed by atoms with E-state index in [4.69, 9.17) is 0 Å². The molecular formula is C13H20N2O3S2. The number of hydrogen-bond donors (Lipinski definition) is 3. The van der Waals surface area contributed by atoms with Crippen LogP contribution in [0.4, 0.5) is 0 Å². The van der Waals surface area contributed by atoms with E-state index < -0.39 is 15.6 Å². The van der Waals surface area contributed by atoms with E-state index in [1.807, 2.05) is 19.1 Å². The van der Waals surface area contributed by atoms with E-state index in [2.05, 4.69) is 22.7 Å². The first-order valence-electron chi connectivity index (χ1n) is 6.07. The molecule has 0 aliphatic heterocycles. The highest BCUT2D eigenvalue weighted by molar-refractivity contribution is 7.88. The molecule has 0 saturated carbocycles. The summed E-state index contributed by atoms with van der Waals surface area (Å²) in [6, 6.07) is 5.31. The zero-order valence-electron chi connectivity index (χ0n) is 12.0.